The minimum Gasteiger partial charge on any atom is -0.486 e. The number of benzene rings is 2. The maximum absolute atomic E-state index is 12.9. The zero-order valence-corrected chi connectivity index (χ0v) is 17.6. The number of nitrogens with one attached hydrogen (secondary N) is 2. The Hall–Kier alpha value is -2.54. The molecule has 2 aromatic rings. The highest BCUT2D eigenvalue weighted by Gasteiger charge is 2.26. The molecule has 2 amide bonds. The normalized spacial score (nSPS) is 13.8. The molecule has 0 aromatic heterocycles. The third-order valence-corrected chi connectivity index (χ3v) is 5.06. The van der Waals surface area contributed by atoms with E-state index >= 15 is 0 Å². The molecule has 7 heteroatoms. The Kier molecular flexibility index (Phi) is 6.24. The molecule has 0 aliphatic carbocycles. The van der Waals surface area contributed by atoms with Crippen LogP contribution in [0, 0.1) is 12.8 Å². The van der Waals surface area contributed by atoms with Crippen molar-refractivity contribution in [3.63, 3.8) is 0 Å². The van der Waals surface area contributed by atoms with Gasteiger partial charge in [0.2, 0.25) is 5.91 Å². The maximum Gasteiger partial charge on any atom is 0.251 e. The molecule has 1 atom stereocenters. The molecule has 0 saturated carbocycles. The molecule has 1 heterocycles. The average molecular weight is 447 g/mol. The van der Waals surface area contributed by atoms with Gasteiger partial charge in [-0.3, -0.25) is 9.59 Å². The standard InChI is InChI=1S/C21H23BrN2O4/c1-12(2)19(24-20(25)14-6-4-5-13(3)9-14)21(26)23-16-11-18-17(10-15(16)22)27-7-8-28-18/h4-6,9-12,19H,7-8H2,1-3H3,(H,23,26)(H,24,25). The van der Waals surface area contributed by atoms with Gasteiger partial charge in [0.05, 0.1) is 5.69 Å². The maximum atomic E-state index is 12.9. The van der Waals surface area contributed by atoms with E-state index in [1.165, 1.54) is 0 Å². The number of carbonyl (C=O) groups is 2. The summed E-state index contributed by atoms with van der Waals surface area (Å²) in [7, 11) is 0. The Labute approximate surface area is 172 Å². The predicted octanol–water partition coefficient (Wildman–Crippen LogP) is 3.92. The van der Waals surface area contributed by atoms with Crippen LogP contribution in [0.5, 0.6) is 11.5 Å². The third kappa shape index (κ3) is 4.65. The van der Waals surface area contributed by atoms with Crippen molar-refractivity contribution in [1.29, 1.82) is 0 Å². The van der Waals surface area contributed by atoms with Gasteiger partial charge in [-0.05, 0) is 40.9 Å². The molecular formula is C21H23BrN2O4. The Bertz CT molecular complexity index is 898. The van der Waals surface area contributed by atoms with Crippen LogP contribution in [0.1, 0.15) is 29.8 Å². The van der Waals surface area contributed by atoms with E-state index in [0.29, 0.717) is 40.4 Å². The van der Waals surface area contributed by atoms with Crippen LogP contribution in [0.2, 0.25) is 0 Å². The average Bonchev–Trinajstić information content (AvgIpc) is 2.66. The molecule has 6 nitrogen and oxygen atoms in total. The Morgan fingerprint density at radius 2 is 1.75 bits per heavy atom. The second-order valence-electron chi connectivity index (χ2n) is 7.03. The molecule has 28 heavy (non-hydrogen) atoms. The van der Waals surface area contributed by atoms with Gasteiger partial charge in [0, 0.05) is 22.2 Å². The highest BCUT2D eigenvalue weighted by molar-refractivity contribution is 9.10. The minimum atomic E-state index is -0.687. The molecule has 3 rings (SSSR count). The van der Waals surface area contributed by atoms with E-state index < -0.39 is 6.04 Å². The van der Waals surface area contributed by atoms with Crippen molar-refractivity contribution < 1.29 is 19.1 Å². The van der Waals surface area contributed by atoms with Gasteiger partial charge in [-0.25, -0.2) is 0 Å². The van der Waals surface area contributed by atoms with Crippen molar-refractivity contribution in [2.24, 2.45) is 5.92 Å². The summed E-state index contributed by atoms with van der Waals surface area (Å²) in [6, 6.07) is 10.1. The molecule has 0 saturated heterocycles. The minimum absolute atomic E-state index is 0.0928. The van der Waals surface area contributed by atoms with Crippen molar-refractivity contribution in [2.45, 2.75) is 26.8 Å². The third-order valence-electron chi connectivity index (χ3n) is 4.41. The van der Waals surface area contributed by atoms with Crippen LogP contribution in [0.4, 0.5) is 5.69 Å². The molecule has 0 radical (unpaired) electrons. The lowest BCUT2D eigenvalue weighted by atomic mass is 10.0. The van der Waals surface area contributed by atoms with E-state index in [4.69, 9.17) is 9.47 Å². The van der Waals surface area contributed by atoms with Crippen molar-refractivity contribution in [1.82, 2.24) is 5.32 Å². The Morgan fingerprint density at radius 3 is 2.39 bits per heavy atom. The quantitative estimate of drug-likeness (QED) is 0.729. The number of halogens is 1. The molecule has 0 bridgehead atoms. The van der Waals surface area contributed by atoms with Gasteiger partial charge in [-0.1, -0.05) is 31.5 Å². The number of ether oxygens (including phenoxy) is 2. The first-order chi connectivity index (χ1) is 13.3. The second kappa shape index (κ2) is 8.65. The zero-order valence-electron chi connectivity index (χ0n) is 16.0. The van der Waals surface area contributed by atoms with Gasteiger partial charge in [-0.2, -0.15) is 0 Å². The van der Waals surface area contributed by atoms with Gasteiger partial charge in [0.15, 0.2) is 11.5 Å². The zero-order chi connectivity index (χ0) is 20.3. The number of fused-ring (bicyclic) bond motifs is 1. The molecule has 0 fully saturated rings. The summed E-state index contributed by atoms with van der Waals surface area (Å²) >= 11 is 3.45. The Morgan fingerprint density at radius 1 is 1.07 bits per heavy atom. The van der Waals surface area contributed by atoms with Crippen molar-refractivity contribution in [3.8, 4) is 11.5 Å². The van der Waals surface area contributed by atoms with Crippen LogP contribution >= 0.6 is 15.9 Å². The van der Waals surface area contributed by atoms with Crippen molar-refractivity contribution in [3.05, 3.63) is 52.0 Å². The van der Waals surface area contributed by atoms with Gasteiger partial charge in [0.1, 0.15) is 19.3 Å². The molecule has 0 spiro atoms. The topological polar surface area (TPSA) is 76.7 Å². The lowest BCUT2D eigenvalue weighted by molar-refractivity contribution is -0.118. The highest BCUT2D eigenvalue weighted by Crippen LogP contribution is 2.38. The summed E-state index contributed by atoms with van der Waals surface area (Å²) < 4.78 is 11.8. The molecule has 2 aromatic carbocycles. The van der Waals surface area contributed by atoms with Gasteiger partial charge in [0.25, 0.3) is 5.91 Å². The first-order valence-electron chi connectivity index (χ1n) is 9.12. The first kappa shape index (κ1) is 20.2. The van der Waals surface area contributed by atoms with Crippen LogP contribution in [0.15, 0.2) is 40.9 Å². The summed E-state index contributed by atoms with van der Waals surface area (Å²) in [6.45, 7) is 6.65. The van der Waals surface area contributed by atoms with Crippen LogP contribution in [-0.2, 0) is 4.79 Å². The number of anilines is 1. The van der Waals surface area contributed by atoms with Crippen LogP contribution in [0.25, 0.3) is 0 Å². The number of rotatable bonds is 5. The molecular weight excluding hydrogens is 424 g/mol. The molecule has 148 valence electrons. The van der Waals surface area contributed by atoms with Crippen LogP contribution < -0.4 is 20.1 Å². The monoisotopic (exact) mass is 446 g/mol. The molecule has 1 aliphatic rings. The number of amides is 2. The fourth-order valence-electron chi connectivity index (χ4n) is 2.92. The SMILES string of the molecule is Cc1cccc(C(=O)NC(C(=O)Nc2cc3c(cc2Br)OCCO3)C(C)C)c1. The van der Waals surface area contributed by atoms with Gasteiger partial charge in [-0.15, -0.1) is 0 Å². The van der Waals surface area contributed by atoms with E-state index in [1.54, 1.807) is 24.3 Å². The number of aryl methyl sites for hydroxylation is 1. The van der Waals surface area contributed by atoms with Crippen LogP contribution in [-0.4, -0.2) is 31.1 Å². The largest absolute Gasteiger partial charge is 0.486 e. The number of carbonyl (C=O) groups excluding carboxylic acids is 2. The van der Waals surface area contributed by atoms with E-state index in [1.807, 2.05) is 32.9 Å². The van der Waals surface area contributed by atoms with E-state index in [9.17, 15) is 9.59 Å². The number of hydrogen-bond donors (Lipinski definition) is 2. The molecule has 1 aliphatic heterocycles. The van der Waals surface area contributed by atoms with Gasteiger partial charge < -0.3 is 20.1 Å². The lowest BCUT2D eigenvalue weighted by Gasteiger charge is -2.23. The summed E-state index contributed by atoms with van der Waals surface area (Å²) in [5, 5.41) is 5.71. The van der Waals surface area contributed by atoms with E-state index in [0.717, 1.165) is 5.56 Å². The number of hydrogen-bond acceptors (Lipinski definition) is 4. The van der Waals surface area contributed by atoms with E-state index in [-0.39, 0.29) is 17.7 Å². The van der Waals surface area contributed by atoms with Crippen molar-refractivity contribution >= 4 is 33.4 Å². The van der Waals surface area contributed by atoms with E-state index in [2.05, 4.69) is 26.6 Å². The lowest BCUT2D eigenvalue weighted by Crippen LogP contribution is -2.47. The highest BCUT2D eigenvalue weighted by atomic mass is 79.9. The Balaban J connectivity index is 1.76. The summed E-state index contributed by atoms with van der Waals surface area (Å²) in [5.74, 6) is 0.538. The smallest absolute Gasteiger partial charge is 0.251 e. The fraction of sp³-hybridized carbons (Fsp3) is 0.333. The first-order valence-corrected chi connectivity index (χ1v) is 9.92. The summed E-state index contributed by atoms with van der Waals surface area (Å²) in [6.07, 6.45) is 0. The predicted molar refractivity (Wildman–Crippen MR) is 111 cm³/mol. The van der Waals surface area contributed by atoms with Crippen molar-refractivity contribution in [2.75, 3.05) is 18.5 Å². The summed E-state index contributed by atoms with van der Waals surface area (Å²) in [5.41, 5.74) is 2.07. The van der Waals surface area contributed by atoms with Gasteiger partial charge >= 0.3 is 0 Å². The summed E-state index contributed by atoms with van der Waals surface area (Å²) in [4.78, 5) is 25.5. The molecule has 2 N–H and O–H groups in total. The second-order valence-corrected chi connectivity index (χ2v) is 7.88. The van der Waals surface area contributed by atoms with Crippen LogP contribution in [0.3, 0.4) is 0 Å². The molecule has 1 unspecified atom stereocenters. The fourth-order valence-corrected chi connectivity index (χ4v) is 3.34.